The third kappa shape index (κ3) is 6.29. The average Bonchev–Trinajstić information content (AvgIpc) is 3.83. The topological polar surface area (TPSA) is 3.24 Å². The lowest BCUT2D eigenvalue weighted by atomic mass is 9.79. The van der Waals surface area contributed by atoms with Gasteiger partial charge >= 0.3 is 0 Å². The van der Waals surface area contributed by atoms with Crippen molar-refractivity contribution in [2.75, 3.05) is 4.90 Å². The molecular formula is C61H43NS. The number of thiophene rings is 1. The van der Waals surface area contributed by atoms with Gasteiger partial charge < -0.3 is 4.90 Å². The van der Waals surface area contributed by atoms with Crippen LogP contribution in [0.15, 0.2) is 224 Å². The number of hydrogen-bond donors (Lipinski definition) is 0. The third-order valence-corrected chi connectivity index (χ3v) is 14.4. The maximum atomic E-state index is 2.40. The van der Waals surface area contributed by atoms with Crippen LogP contribution in [0.25, 0.3) is 86.6 Å². The number of fused-ring (bicyclic) bond motifs is 7. The monoisotopic (exact) mass is 821 g/mol. The van der Waals surface area contributed by atoms with Gasteiger partial charge in [-0.05, 0) is 132 Å². The molecule has 0 N–H and O–H groups in total. The van der Waals surface area contributed by atoms with Crippen molar-refractivity contribution < 1.29 is 0 Å². The van der Waals surface area contributed by atoms with Crippen molar-refractivity contribution in [1.82, 2.24) is 0 Å². The quantitative estimate of drug-likeness (QED) is 0.155. The molecule has 1 nitrogen and oxygen atoms in total. The number of rotatable bonds is 7. The number of nitrogens with zero attached hydrogens (tertiary/aromatic N) is 1. The third-order valence-electron chi connectivity index (χ3n) is 13.3. The van der Waals surface area contributed by atoms with Gasteiger partial charge in [0.2, 0.25) is 0 Å². The van der Waals surface area contributed by atoms with E-state index in [1.54, 1.807) is 0 Å². The zero-order valence-corrected chi connectivity index (χ0v) is 36.0. The smallest absolute Gasteiger partial charge is 0.0467 e. The van der Waals surface area contributed by atoms with Crippen LogP contribution in [0.3, 0.4) is 0 Å². The summed E-state index contributed by atoms with van der Waals surface area (Å²) in [6.45, 7) is 4.73. The van der Waals surface area contributed by atoms with Crippen LogP contribution in [0.5, 0.6) is 0 Å². The van der Waals surface area contributed by atoms with Crippen molar-refractivity contribution >= 4 is 59.3 Å². The Bertz CT molecular complexity index is 3530. The molecule has 1 aromatic heterocycles. The summed E-state index contributed by atoms with van der Waals surface area (Å²) in [5.74, 6) is 0. The fourth-order valence-corrected chi connectivity index (χ4v) is 11.3. The molecule has 2 heteroatoms. The summed E-state index contributed by atoms with van der Waals surface area (Å²) in [6, 6.07) is 82.8. The van der Waals surface area contributed by atoms with Crippen molar-refractivity contribution in [2.24, 2.45) is 0 Å². The van der Waals surface area contributed by atoms with Gasteiger partial charge in [0.1, 0.15) is 0 Å². The molecule has 10 aromatic carbocycles. The lowest BCUT2D eigenvalue weighted by Crippen LogP contribution is -2.16. The van der Waals surface area contributed by atoms with Crippen LogP contribution >= 0.6 is 11.3 Å². The Hall–Kier alpha value is -7.52. The summed E-state index contributed by atoms with van der Waals surface area (Å²) in [6.07, 6.45) is 0. The van der Waals surface area contributed by atoms with Gasteiger partial charge in [-0.25, -0.2) is 0 Å². The molecule has 0 amide bonds. The van der Waals surface area contributed by atoms with Crippen molar-refractivity contribution in [3.8, 4) is 55.6 Å². The summed E-state index contributed by atoms with van der Waals surface area (Å²) in [5, 5.41) is 5.16. The highest BCUT2D eigenvalue weighted by Crippen LogP contribution is 2.52. The van der Waals surface area contributed by atoms with E-state index in [9.17, 15) is 0 Å². The molecule has 0 spiro atoms. The van der Waals surface area contributed by atoms with E-state index in [2.05, 4.69) is 243 Å². The SMILES string of the molecule is CC1(C)c2ccccc2-c2cccc(-c3ccc(N(c4ccc(-c5ccc6c(c5)sc5ccccc56)cc4)c4cccc(-c5cccc(-c6cccc7ccccc67)c5)c4)cc3)c21. The predicted octanol–water partition coefficient (Wildman–Crippen LogP) is 17.7. The zero-order chi connectivity index (χ0) is 42.1. The highest BCUT2D eigenvalue weighted by Gasteiger charge is 2.37. The minimum atomic E-state index is -0.0954. The Balaban J connectivity index is 0.946. The van der Waals surface area contributed by atoms with Crippen LogP contribution in [0, 0.1) is 0 Å². The van der Waals surface area contributed by atoms with Crippen molar-refractivity contribution in [3.63, 3.8) is 0 Å². The van der Waals surface area contributed by atoms with E-state index in [-0.39, 0.29) is 5.41 Å². The Morgan fingerprint density at radius 2 is 0.889 bits per heavy atom. The lowest BCUT2D eigenvalue weighted by Gasteiger charge is -2.27. The normalized spacial score (nSPS) is 12.7. The molecule has 0 fully saturated rings. The molecule has 298 valence electrons. The highest BCUT2D eigenvalue weighted by atomic mass is 32.1. The molecule has 0 radical (unpaired) electrons. The molecule has 11 aromatic rings. The van der Waals surface area contributed by atoms with Crippen LogP contribution in [0.4, 0.5) is 17.1 Å². The zero-order valence-electron chi connectivity index (χ0n) is 35.2. The molecule has 12 rings (SSSR count). The van der Waals surface area contributed by atoms with Crippen LogP contribution in [0.1, 0.15) is 25.0 Å². The van der Waals surface area contributed by atoms with Gasteiger partial charge in [0, 0.05) is 42.6 Å². The summed E-state index contributed by atoms with van der Waals surface area (Å²) >= 11 is 1.87. The summed E-state index contributed by atoms with van der Waals surface area (Å²) in [7, 11) is 0. The van der Waals surface area contributed by atoms with Crippen molar-refractivity contribution in [1.29, 1.82) is 0 Å². The minimum Gasteiger partial charge on any atom is -0.310 e. The van der Waals surface area contributed by atoms with E-state index in [0.29, 0.717) is 0 Å². The Kier molecular flexibility index (Phi) is 8.77. The van der Waals surface area contributed by atoms with Crippen molar-refractivity contribution in [3.05, 3.63) is 236 Å². The van der Waals surface area contributed by atoms with Gasteiger partial charge in [0.05, 0.1) is 0 Å². The predicted molar refractivity (Wildman–Crippen MR) is 271 cm³/mol. The first-order chi connectivity index (χ1) is 31.0. The number of anilines is 3. The standard InChI is InChI=1S/C61H43NS/c1-61(2)57-25-7-5-20-53(57)56-24-12-23-52(60(56)61)42-29-34-48(35-30-42)62(47-32-27-40(28-33-47)45-31-36-55-54-21-6-8-26-58(54)63-59(55)39-45)49-18-10-16-44(38-49)43-15-9-17-46(37-43)51-22-11-14-41-13-3-4-19-50(41)51/h3-39H,1-2H3. The number of hydrogen-bond acceptors (Lipinski definition) is 2. The summed E-state index contributed by atoms with van der Waals surface area (Å²) in [4.78, 5) is 2.40. The molecule has 0 saturated carbocycles. The first-order valence-corrected chi connectivity index (χ1v) is 22.6. The van der Waals surface area contributed by atoms with Crippen LogP contribution in [-0.4, -0.2) is 0 Å². The van der Waals surface area contributed by atoms with Crippen LogP contribution < -0.4 is 4.90 Å². The summed E-state index contributed by atoms with van der Waals surface area (Å²) < 4.78 is 2.65. The molecule has 1 heterocycles. The Morgan fingerprint density at radius 3 is 1.73 bits per heavy atom. The van der Waals surface area contributed by atoms with E-state index in [1.165, 1.54) is 97.7 Å². The van der Waals surface area contributed by atoms with Gasteiger partial charge in [-0.15, -0.1) is 11.3 Å². The second-order valence-electron chi connectivity index (χ2n) is 17.3. The molecule has 0 atom stereocenters. The van der Waals surface area contributed by atoms with Gasteiger partial charge in [0.25, 0.3) is 0 Å². The van der Waals surface area contributed by atoms with E-state index < -0.39 is 0 Å². The van der Waals surface area contributed by atoms with E-state index >= 15 is 0 Å². The maximum Gasteiger partial charge on any atom is 0.0467 e. The second-order valence-corrected chi connectivity index (χ2v) is 18.4. The summed E-state index contributed by atoms with van der Waals surface area (Å²) in [5.41, 5.74) is 18.5. The van der Waals surface area contributed by atoms with Gasteiger partial charge in [-0.2, -0.15) is 0 Å². The molecule has 63 heavy (non-hydrogen) atoms. The van der Waals surface area contributed by atoms with Gasteiger partial charge in [-0.3, -0.25) is 0 Å². The van der Waals surface area contributed by atoms with Crippen LogP contribution in [-0.2, 0) is 5.41 Å². The largest absolute Gasteiger partial charge is 0.310 e. The first-order valence-electron chi connectivity index (χ1n) is 21.8. The number of benzene rings is 10. The van der Waals surface area contributed by atoms with Crippen molar-refractivity contribution in [2.45, 2.75) is 19.3 Å². The van der Waals surface area contributed by atoms with Gasteiger partial charge in [0.15, 0.2) is 0 Å². The molecule has 0 bridgehead atoms. The average molecular weight is 822 g/mol. The fourth-order valence-electron chi connectivity index (χ4n) is 10.2. The lowest BCUT2D eigenvalue weighted by molar-refractivity contribution is 0.662. The van der Waals surface area contributed by atoms with E-state index in [1.807, 2.05) is 11.3 Å². The van der Waals surface area contributed by atoms with E-state index in [0.717, 1.165) is 17.1 Å². The molecular weight excluding hydrogens is 779 g/mol. The molecule has 1 aliphatic carbocycles. The molecule has 1 aliphatic rings. The molecule has 0 unspecified atom stereocenters. The van der Waals surface area contributed by atoms with Gasteiger partial charge in [-0.1, -0.05) is 184 Å². The first kappa shape index (κ1) is 37.3. The highest BCUT2D eigenvalue weighted by molar-refractivity contribution is 7.25. The molecule has 0 saturated heterocycles. The van der Waals surface area contributed by atoms with Crippen LogP contribution in [0.2, 0.25) is 0 Å². The Morgan fingerprint density at radius 1 is 0.333 bits per heavy atom. The maximum absolute atomic E-state index is 2.40. The minimum absolute atomic E-state index is 0.0954. The second kappa shape index (κ2) is 14.8. The Labute approximate surface area is 372 Å². The molecule has 0 aliphatic heterocycles. The van der Waals surface area contributed by atoms with E-state index in [4.69, 9.17) is 0 Å². The fraction of sp³-hybridized carbons (Fsp3) is 0.0492.